The average molecular weight is 224 g/mol. The van der Waals surface area contributed by atoms with Crippen LogP contribution >= 0.6 is 11.3 Å². The number of thiophene rings is 1. The van der Waals surface area contributed by atoms with Crippen molar-refractivity contribution in [1.29, 1.82) is 0 Å². The Kier molecular flexibility index (Phi) is 3.44. The molecule has 1 aliphatic rings. The smallest absolute Gasteiger partial charge is 0.0242 e. The van der Waals surface area contributed by atoms with E-state index < -0.39 is 0 Å². The second-order valence-corrected chi connectivity index (χ2v) is 5.71. The Hall–Kier alpha value is -0.380. The molecule has 15 heavy (non-hydrogen) atoms. The van der Waals surface area contributed by atoms with Crippen molar-refractivity contribution in [2.45, 2.75) is 19.9 Å². The standard InChI is InChI=1S/C12H20N2S/c1-12(9-13-2)4-5-14(10-12)7-11-3-6-15-8-11/h3,6,8,13H,4-5,7,9-10H2,1-2H3. The van der Waals surface area contributed by atoms with Gasteiger partial charge < -0.3 is 5.32 Å². The maximum absolute atomic E-state index is 3.30. The van der Waals surface area contributed by atoms with Gasteiger partial charge in [0.1, 0.15) is 0 Å². The Labute approximate surface area is 96.3 Å². The Morgan fingerprint density at radius 3 is 3.13 bits per heavy atom. The van der Waals surface area contributed by atoms with Gasteiger partial charge in [-0.2, -0.15) is 11.3 Å². The molecule has 2 heterocycles. The molecule has 1 saturated heterocycles. The van der Waals surface area contributed by atoms with Crippen molar-refractivity contribution >= 4 is 11.3 Å². The lowest BCUT2D eigenvalue weighted by Gasteiger charge is -2.24. The minimum Gasteiger partial charge on any atom is -0.319 e. The molecule has 0 aromatic carbocycles. The molecule has 84 valence electrons. The Morgan fingerprint density at radius 2 is 2.47 bits per heavy atom. The number of nitrogens with zero attached hydrogens (tertiary/aromatic N) is 1. The first-order valence-electron chi connectivity index (χ1n) is 5.60. The van der Waals surface area contributed by atoms with E-state index in [0.29, 0.717) is 5.41 Å². The third kappa shape index (κ3) is 2.80. The quantitative estimate of drug-likeness (QED) is 0.843. The molecule has 3 heteroatoms. The number of nitrogens with one attached hydrogen (secondary N) is 1. The molecule has 0 aliphatic carbocycles. The zero-order valence-electron chi connectivity index (χ0n) is 9.62. The van der Waals surface area contributed by atoms with Crippen molar-refractivity contribution in [1.82, 2.24) is 10.2 Å². The molecule has 0 saturated carbocycles. The van der Waals surface area contributed by atoms with Crippen molar-refractivity contribution < 1.29 is 0 Å². The molecule has 1 aliphatic heterocycles. The summed E-state index contributed by atoms with van der Waals surface area (Å²) in [6, 6.07) is 2.23. The van der Waals surface area contributed by atoms with E-state index in [9.17, 15) is 0 Å². The Balaban J connectivity index is 1.87. The first-order valence-corrected chi connectivity index (χ1v) is 6.54. The first-order chi connectivity index (χ1) is 7.22. The van der Waals surface area contributed by atoms with Crippen LogP contribution in [0.2, 0.25) is 0 Å². The summed E-state index contributed by atoms with van der Waals surface area (Å²) in [5.74, 6) is 0. The van der Waals surface area contributed by atoms with Crippen LogP contribution in [0, 0.1) is 5.41 Å². The summed E-state index contributed by atoms with van der Waals surface area (Å²) < 4.78 is 0. The predicted octanol–water partition coefficient (Wildman–Crippen LogP) is 2.18. The maximum Gasteiger partial charge on any atom is 0.0242 e. The van der Waals surface area contributed by atoms with Gasteiger partial charge in [0.25, 0.3) is 0 Å². The summed E-state index contributed by atoms with van der Waals surface area (Å²) in [5, 5.41) is 7.73. The summed E-state index contributed by atoms with van der Waals surface area (Å²) in [7, 11) is 2.05. The molecule has 1 fully saturated rings. The van der Waals surface area contributed by atoms with Gasteiger partial charge >= 0.3 is 0 Å². The monoisotopic (exact) mass is 224 g/mol. The van der Waals surface area contributed by atoms with E-state index in [2.05, 4.69) is 34.0 Å². The van der Waals surface area contributed by atoms with Crippen LogP contribution in [0.15, 0.2) is 16.8 Å². The van der Waals surface area contributed by atoms with E-state index in [1.165, 1.54) is 25.1 Å². The van der Waals surface area contributed by atoms with Crippen LogP contribution in [0.5, 0.6) is 0 Å². The highest BCUT2D eigenvalue weighted by Gasteiger charge is 2.32. The Morgan fingerprint density at radius 1 is 1.60 bits per heavy atom. The fourth-order valence-electron chi connectivity index (χ4n) is 2.47. The van der Waals surface area contributed by atoms with Gasteiger partial charge in [-0.1, -0.05) is 6.92 Å². The van der Waals surface area contributed by atoms with Gasteiger partial charge in [-0.3, -0.25) is 4.90 Å². The van der Waals surface area contributed by atoms with Crippen LogP contribution in [-0.4, -0.2) is 31.6 Å². The van der Waals surface area contributed by atoms with Crippen molar-refractivity contribution in [2.75, 3.05) is 26.7 Å². The summed E-state index contributed by atoms with van der Waals surface area (Å²) in [6.07, 6.45) is 1.32. The molecule has 0 radical (unpaired) electrons. The largest absolute Gasteiger partial charge is 0.319 e. The second-order valence-electron chi connectivity index (χ2n) is 4.93. The van der Waals surface area contributed by atoms with Gasteiger partial charge in [-0.05, 0) is 47.8 Å². The number of hydrogen-bond acceptors (Lipinski definition) is 3. The zero-order valence-corrected chi connectivity index (χ0v) is 10.4. The summed E-state index contributed by atoms with van der Waals surface area (Å²) in [4.78, 5) is 2.57. The highest BCUT2D eigenvalue weighted by molar-refractivity contribution is 7.07. The van der Waals surface area contributed by atoms with Crippen LogP contribution in [-0.2, 0) is 6.54 Å². The number of hydrogen-bond donors (Lipinski definition) is 1. The van der Waals surface area contributed by atoms with E-state index in [4.69, 9.17) is 0 Å². The van der Waals surface area contributed by atoms with Gasteiger partial charge in [0, 0.05) is 19.6 Å². The van der Waals surface area contributed by atoms with Gasteiger partial charge in [-0.25, -0.2) is 0 Å². The van der Waals surface area contributed by atoms with Gasteiger partial charge in [0.15, 0.2) is 0 Å². The van der Waals surface area contributed by atoms with Crippen LogP contribution in [0.4, 0.5) is 0 Å². The van der Waals surface area contributed by atoms with Crippen molar-refractivity contribution in [3.63, 3.8) is 0 Å². The third-order valence-corrected chi connectivity index (χ3v) is 3.96. The average Bonchev–Trinajstić information content (AvgIpc) is 2.78. The van der Waals surface area contributed by atoms with Crippen molar-refractivity contribution in [3.8, 4) is 0 Å². The van der Waals surface area contributed by atoms with Crippen molar-refractivity contribution in [3.05, 3.63) is 22.4 Å². The molecule has 2 nitrogen and oxygen atoms in total. The zero-order chi connectivity index (χ0) is 10.7. The van der Waals surface area contributed by atoms with E-state index in [0.717, 1.165) is 13.1 Å². The predicted molar refractivity (Wildman–Crippen MR) is 66.2 cm³/mol. The Bertz CT molecular complexity index is 297. The van der Waals surface area contributed by atoms with E-state index >= 15 is 0 Å². The lowest BCUT2D eigenvalue weighted by Crippen LogP contribution is -2.32. The van der Waals surface area contributed by atoms with E-state index in [1.807, 2.05) is 7.05 Å². The molecule has 1 N–H and O–H groups in total. The highest BCUT2D eigenvalue weighted by atomic mass is 32.1. The molecule has 0 amide bonds. The van der Waals surface area contributed by atoms with Gasteiger partial charge in [0.2, 0.25) is 0 Å². The topological polar surface area (TPSA) is 15.3 Å². The number of rotatable bonds is 4. The molecule has 0 spiro atoms. The van der Waals surface area contributed by atoms with Crippen LogP contribution < -0.4 is 5.32 Å². The lowest BCUT2D eigenvalue weighted by atomic mass is 9.90. The molecular formula is C12H20N2S. The third-order valence-electron chi connectivity index (χ3n) is 3.23. The molecule has 1 aromatic heterocycles. The van der Waals surface area contributed by atoms with Crippen LogP contribution in [0.25, 0.3) is 0 Å². The summed E-state index contributed by atoms with van der Waals surface area (Å²) in [5.41, 5.74) is 1.94. The highest BCUT2D eigenvalue weighted by Crippen LogP contribution is 2.30. The molecule has 1 atom stereocenters. The SMILES string of the molecule is CNCC1(C)CCN(Cc2ccsc2)C1. The molecule has 2 rings (SSSR count). The number of likely N-dealkylation sites (tertiary alicyclic amines) is 1. The minimum atomic E-state index is 0.477. The first kappa shape index (κ1) is 11.1. The van der Waals surface area contributed by atoms with E-state index in [1.54, 1.807) is 11.3 Å². The molecule has 1 aromatic rings. The summed E-state index contributed by atoms with van der Waals surface area (Å²) in [6.45, 7) is 7.12. The molecule has 0 bridgehead atoms. The fourth-order valence-corrected chi connectivity index (χ4v) is 3.13. The minimum absolute atomic E-state index is 0.477. The maximum atomic E-state index is 3.30. The molecular weight excluding hydrogens is 204 g/mol. The fraction of sp³-hybridized carbons (Fsp3) is 0.667. The molecule has 1 unspecified atom stereocenters. The van der Waals surface area contributed by atoms with Crippen molar-refractivity contribution in [2.24, 2.45) is 5.41 Å². The summed E-state index contributed by atoms with van der Waals surface area (Å²) >= 11 is 1.79. The second kappa shape index (κ2) is 4.64. The lowest BCUT2D eigenvalue weighted by molar-refractivity contribution is 0.265. The van der Waals surface area contributed by atoms with Gasteiger partial charge in [-0.15, -0.1) is 0 Å². The normalized spacial score (nSPS) is 27.3. The van der Waals surface area contributed by atoms with Gasteiger partial charge in [0.05, 0.1) is 0 Å². The van der Waals surface area contributed by atoms with Crippen LogP contribution in [0.1, 0.15) is 18.9 Å². The van der Waals surface area contributed by atoms with Crippen LogP contribution in [0.3, 0.4) is 0 Å². The van der Waals surface area contributed by atoms with E-state index in [-0.39, 0.29) is 0 Å².